The van der Waals surface area contributed by atoms with Gasteiger partial charge in [-0.05, 0) is 6.42 Å². The molecule has 4 heteroatoms. The number of unbranched alkanes of at least 4 members (excludes halogenated alkanes) is 2. The predicted molar refractivity (Wildman–Crippen MR) is 57.4 cm³/mol. The van der Waals surface area contributed by atoms with Crippen LogP contribution in [0, 0.1) is 0 Å². The molecule has 0 amide bonds. The zero-order chi connectivity index (χ0) is 10.4. The summed E-state index contributed by atoms with van der Waals surface area (Å²) in [6.45, 7) is 2.20. The maximum Gasteiger partial charge on any atom is 0.126 e. The van der Waals surface area contributed by atoms with Gasteiger partial charge in [0.15, 0.2) is 0 Å². The Morgan fingerprint density at radius 3 is 2.86 bits per heavy atom. The summed E-state index contributed by atoms with van der Waals surface area (Å²) in [5, 5.41) is 0. The molecule has 1 heterocycles. The van der Waals surface area contributed by atoms with Gasteiger partial charge in [0.25, 0.3) is 0 Å². The first-order chi connectivity index (χ1) is 6.79. The summed E-state index contributed by atoms with van der Waals surface area (Å²) in [4.78, 5) is 4.29. The van der Waals surface area contributed by atoms with Gasteiger partial charge in [0, 0.05) is 19.4 Å². The topological polar surface area (TPSA) is 55.9 Å². The molecule has 1 atom stereocenters. The zero-order valence-electron chi connectivity index (χ0n) is 9.03. The van der Waals surface area contributed by atoms with Crippen molar-refractivity contribution in [3.8, 4) is 0 Å². The number of nitrogens with two attached hydrogens (primary N) is 1. The second kappa shape index (κ2) is 5.78. The van der Waals surface area contributed by atoms with E-state index >= 15 is 0 Å². The molecule has 0 saturated carbocycles. The molecule has 3 N–H and O–H groups in total. The van der Waals surface area contributed by atoms with E-state index in [2.05, 4.69) is 17.3 Å². The minimum Gasteiger partial charge on any atom is -0.337 e. The zero-order valence-corrected chi connectivity index (χ0v) is 9.03. The van der Waals surface area contributed by atoms with Crippen LogP contribution in [0.15, 0.2) is 12.4 Å². The monoisotopic (exact) mass is 196 g/mol. The average Bonchev–Trinajstić information content (AvgIpc) is 2.60. The van der Waals surface area contributed by atoms with Crippen LogP contribution in [0.1, 0.15) is 44.5 Å². The predicted octanol–water partition coefficient (Wildman–Crippen LogP) is 1.50. The van der Waals surface area contributed by atoms with E-state index < -0.39 is 0 Å². The highest BCUT2D eigenvalue weighted by atomic mass is 15.3. The van der Waals surface area contributed by atoms with Crippen LogP contribution < -0.4 is 11.3 Å². The maximum absolute atomic E-state index is 5.51. The fraction of sp³-hybridized carbons (Fsp3) is 0.700. The van der Waals surface area contributed by atoms with Gasteiger partial charge < -0.3 is 4.57 Å². The van der Waals surface area contributed by atoms with Gasteiger partial charge in [-0.2, -0.15) is 0 Å². The molecule has 0 aliphatic heterocycles. The van der Waals surface area contributed by atoms with Crippen molar-refractivity contribution in [2.24, 2.45) is 12.9 Å². The number of rotatable bonds is 6. The van der Waals surface area contributed by atoms with Gasteiger partial charge in [-0.15, -0.1) is 0 Å². The Bertz CT molecular complexity index is 256. The maximum atomic E-state index is 5.51. The van der Waals surface area contributed by atoms with Crippen LogP contribution in [0.25, 0.3) is 0 Å². The second-order valence-corrected chi connectivity index (χ2v) is 3.61. The Balaban J connectivity index is 2.50. The summed E-state index contributed by atoms with van der Waals surface area (Å²) >= 11 is 0. The van der Waals surface area contributed by atoms with Crippen molar-refractivity contribution in [2.75, 3.05) is 0 Å². The minimum atomic E-state index is 0.182. The number of imidazole rings is 1. The molecule has 0 spiro atoms. The lowest BCUT2D eigenvalue weighted by atomic mass is 10.1. The lowest BCUT2D eigenvalue weighted by Gasteiger charge is -2.15. The van der Waals surface area contributed by atoms with Crippen molar-refractivity contribution < 1.29 is 0 Å². The molecule has 1 unspecified atom stereocenters. The summed E-state index contributed by atoms with van der Waals surface area (Å²) in [7, 11) is 1.99. The first kappa shape index (κ1) is 11.2. The third-order valence-electron chi connectivity index (χ3n) is 2.47. The summed E-state index contributed by atoms with van der Waals surface area (Å²) in [5.41, 5.74) is 2.82. The number of nitrogens with one attached hydrogen (secondary N) is 1. The van der Waals surface area contributed by atoms with E-state index in [4.69, 9.17) is 5.84 Å². The third kappa shape index (κ3) is 2.82. The van der Waals surface area contributed by atoms with Gasteiger partial charge in [-0.1, -0.05) is 26.2 Å². The molecule has 14 heavy (non-hydrogen) atoms. The van der Waals surface area contributed by atoms with Crippen molar-refractivity contribution in [3.63, 3.8) is 0 Å². The molecule has 1 rings (SSSR count). The third-order valence-corrected chi connectivity index (χ3v) is 2.47. The molecule has 0 bridgehead atoms. The number of aryl methyl sites for hydroxylation is 1. The molecule has 0 radical (unpaired) electrons. The summed E-state index contributed by atoms with van der Waals surface area (Å²) in [6.07, 6.45) is 8.48. The van der Waals surface area contributed by atoms with Gasteiger partial charge in [-0.3, -0.25) is 5.84 Å². The molecule has 1 aromatic heterocycles. The lowest BCUT2D eigenvalue weighted by Crippen LogP contribution is -2.29. The molecule has 0 saturated heterocycles. The van der Waals surface area contributed by atoms with E-state index in [1.165, 1.54) is 19.3 Å². The fourth-order valence-electron chi connectivity index (χ4n) is 1.60. The van der Waals surface area contributed by atoms with Crippen LogP contribution in [0.4, 0.5) is 0 Å². The Morgan fingerprint density at radius 1 is 1.57 bits per heavy atom. The number of nitrogens with zero attached hydrogens (tertiary/aromatic N) is 2. The normalized spacial score (nSPS) is 13.1. The van der Waals surface area contributed by atoms with Crippen molar-refractivity contribution in [2.45, 2.75) is 38.6 Å². The van der Waals surface area contributed by atoms with Crippen LogP contribution in [-0.2, 0) is 7.05 Å². The Morgan fingerprint density at radius 2 is 2.36 bits per heavy atom. The highest BCUT2D eigenvalue weighted by molar-refractivity contribution is 4.97. The van der Waals surface area contributed by atoms with Crippen molar-refractivity contribution in [1.29, 1.82) is 0 Å². The van der Waals surface area contributed by atoms with E-state index in [-0.39, 0.29) is 6.04 Å². The van der Waals surface area contributed by atoms with E-state index in [9.17, 15) is 0 Å². The minimum absolute atomic E-state index is 0.182. The summed E-state index contributed by atoms with van der Waals surface area (Å²) < 4.78 is 2.01. The number of hydrogen-bond acceptors (Lipinski definition) is 3. The molecule has 4 nitrogen and oxygen atoms in total. The highest BCUT2D eigenvalue weighted by Gasteiger charge is 2.12. The quantitative estimate of drug-likeness (QED) is 0.412. The van der Waals surface area contributed by atoms with E-state index in [1.807, 2.05) is 17.8 Å². The largest absolute Gasteiger partial charge is 0.337 e. The SMILES string of the molecule is CCCCCC(NN)c1nccn1C. The molecule has 0 aliphatic rings. The Hall–Kier alpha value is -0.870. The van der Waals surface area contributed by atoms with Crippen molar-refractivity contribution in [3.05, 3.63) is 18.2 Å². The first-order valence-corrected chi connectivity index (χ1v) is 5.23. The smallest absolute Gasteiger partial charge is 0.126 e. The van der Waals surface area contributed by atoms with Gasteiger partial charge >= 0.3 is 0 Å². The lowest BCUT2D eigenvalue weighted by molar-refractivity contribution is 0.455. The van der Waals surface area contributed by atoms with Crippen LogP contribution >= 0.6 is 0 Å². The van der Waals surface area contributed by atoms with Crippen LogP contribution in [0.5, 0.6) is 0 Å². The van der Waals surface area contributed by atoms with E-state index in [0.29, 0.717) is 0 Å². The van der Waals surface area contributed by atoms with Crippen molar-refractivity contribution in [1.82, 2.24) is 15.0 Å². The van der Waals surface area contributed by atoms with E-state index in [1.54, 1.807) is 6.20 Å². The van der Waals surface area contributed by atoms with Crippen molar-refractivity contribution >= 4 is 0 Å². The van der Waals surface area contributed by atoms with Crippen LogP contribution in [0.2, 0.25) is 0 Å². The Kier molecular flexibility index (Phi) is 4.62. The molecule has 1 aromatic rings. The first-order valence-electron chi connectivity index (χ1n) is 5.23. The second-order valence-electron chi connectivity index (χ2n) is 3.61. The average molecular weight is 196 g/mol. The van der Waals surface area contributed by atoms with Gasteiger partial charge in [-0.25, -0.2) is 10.4 Å². The molecule has 0 fully saturated rings. The molecule has 0 aromatic carbocycles. The highest BCUT2D eigenvalue weighted by Crippen LogP contribution is 2.16. The van der Waals surface area contributed by atoms with E-state index in [0.717, 1.165) is 12.2 Å². The van der Waals surface area contributed by atoms with Gasteiger partial charge in [0.1, 0.15) is 5.82 Å². The molecule has 80 valence electrons. The number of hydrogen-bond donors (Lipinski definition) is 2. The van der Waals surface area contributed by atoms with Gasteiger partial charge in [0.2, 0.25) is 0 Å². The summed E-state index contributed by atoms with van der Waals surface area (Å²) in [6, 6.07) is 0.182. The molecular weight excluding hydrogens is 176 g/mol. The van der Waals surface area contributed by atoms with Gasteiger partial charge in [0.05, 0.1) is 6.04 Å². The number of aromatic nitrogens is 2. The van der Waals surface area contributed by atoms with Crippen LogP contribution in [0.3, 0.4) is 0 Å². The number of hydrazine groups is 1. The molecule has 0 aliphatic carbocycles. The molecular formula is C10H20N4. The Labute approximate surface area is 85.5 Å². The standard InChI is InChI=1S/C10H20N4/c1-3-4-5-6-9(13-11)10-12-7-8-14(10)2/h7-9,13H,3-6,11H2,1-2H3. The fourth-order valence-corrected chi connectivity index (χ4v) is 1.60. The van der Waals surface area contributed by atoms with Crippen LogP contribution in [-0.4, -0.2) is 9.55 Å². The summed E-state index contributed by atoms with van der Waals surface area (Å²) in [5.74, 6) is 6.53.